The maximum absolute atomic E-state index is 12.0. The third kappa shape index (κ3) is 3.67. The molecule has 3 aromatic carbocycles. The van der Waals surface area contributed by atoms with Crippen LogP contribution in [0.25, 0.3) is 21.8 Å². The van der Waals surface area contributed by atoms with Crippen molar-refractivity contribution >= 4 is 33.9 Å². The summed E-state index contributed by atoms with van der Waals surface area (Å²) in [6.07, 6.45) is 2.84. The molecule has 0 saturated heterocycles. The lowest BCUT2D eigenvalue weighted by Gasteiger charge is -2.03. The molecule has 28 heavy (non-hydrogen) atoms. The number of hydrazone groups is 1. The van der Waals surface area contributed by atoms with Crippen molar-refractivity contribution < 1.29 is 4.79 Å². The summed E-state index contributed by atoms with van der Waals surface area (Å²) in [7, 11) is 0. The number of amides is 1. The quantitative estimate of drug-likeness (QED) is 0.381. The van der Waals surface area contributed by atoms with E-state index in [-0.39, 0.29) is 5.91 Å². The molecule has 4 heteroatoms. The molecule has 0 spiro atoms. The molecule has 1 amide bonds. The normalized spacial score (nSPS) is 11.5. The molecule has 1 N–H and O–H groups in total. The minimum absolute atomic E-state index is 0.0798. The number of nitrogens with one attached hydrogen (secondary N) is 1. The van der Waals surface area contributed by atoms with Gasteiger partial charge in [0.2, 0.25) is 5.91 Å². The van der Waals surface area contributed by atoms with E-state index in [0.29, 0.717) is 12.8 Å². The van der Waals surface area contributed by atoms with Crippen LogP contribution < -0.4 is 5.43 Å². The summed E-state index contributed by atoms with van der Waals surface area (Å²) in [6, 6.07) is 24.7. The van der Waals surface area contributed by atoms with E-state index in [0.717, 1.165) is 17.7 Å². The molecule has 4 nitrogen and oxygen atoms in total. The summed E-state index contributed by atoms with van der Waals surface area (Å²) in [6.45, 7) is 3.08. The van der Waals surface area contributed by atoms with Crippen LogP contribution in [0.4, 0.5) is 0 Å². The van der Waals surface area contributed by atoms with E-state index in [2.05, 4.69) is 58.4 Å². The van der Waals surface area contributed by atoms with Gasteiger partial charge in [0, 0.05) is 34.8 Å². The maximum Gasteiger partial charge on any atom is 0.240 e. The van der Waals surface area contributed by atoms with E-state index in [9.17, 15) is 4.79 Å². The van der Waals surface area contributed by atoms with Crippen LogP contribution in [0, 0.1) is 0 Å². The van der Waals surface area contributed by atoms with E-state index >= 15 is 0 Å². The molecule has 0 unspecified atom stereocenters. The van der Waals surface area contributed by atoms with Gasteiger partial charge in [-0.15, -0.1) is 0 Å². The molecule has 1 heterocycles. The minimum Gasteiger partial charge on any atom is -0.341 e. The van der Waals surface area contributed by atoms with Gasteiger partial charge < -0.3 is 4.57 Å². The van der Waals surface area contributed by atoms with Crippen molar-refractivity contribution in [1.29, 1.82) is 0 Å². The molecule has 140 valence electrons. The van der Waals surface area contributed by atoms with Crippen LogP contribution in [0.3, 0.4) is 0 Å². The van der Waals surface area contributed by atoms with Crippen LogP contribution in [0.5, 0.6) is 0 Å². The molecule has 0 aliphatic rings. The number of nitrogens with zero attached hydrogens (tertiary/aromatic N) is 2. The van der Waals surface area contributed by atoms with Crippen LogP contribution in [-0.4, -0.2) is 16.7 Å². The lowest BCUT2D eigenvalue weighted by atomic mass is 10.1. The molecule has 0 fully saturated rings. The van der Waals surface area contributed by atoms with Gasteiger partial charge in [-0.3, -0.25) is 4.79 Å². The molecule has 0 saturated carbocycles. The Morgan fingerprint density at radius 1 is 0.964 bits per heavy atom. The van der Waals surface area contributed by atoms with Gasteiger partial charge in [0.25, 0.3) is 0 Å². The van der Waals surface area contributed by atoms with Crippen molar-refractivity contribution in [2.24, 2.45) is 5.10 Å². The molecule has 4 aromatic rings. The van der Waals surface area contributed by atoms with Crippen LogP contribution >= 0.6 is 0 Å². The van der Waals surface area contributed by atoms with Crippen LogP contribution in [-0.2, 0) is 17.8 Å². The Morgan fingerprint density at radius 2 is 1.71 bits per heavy atom. The summed E-state index contributed by atoms with van der Waals surface area (Å²) in [4.78, 5) is 12.0. The molecule has 0 atom stereocenters. The highest BCUT2D eigenvalue weighted by atomic mass is 16.2. The van der Waals surface area contributed by atoms with Gasteiger partial charge in [-0.1, -0.05) is 54.6 Å². The third-order valence-corrected chi connectivity index (χ3v) is 5.00. The second-order valence-corrected chi connectivity index (χ2v) is 6.82. The predicted molar refractivity (Wildman–Crippen MR) is 116 cm³/mol. The standard InChI is InChI=1S/C24H23N3O/c1-2-27-22-11-7-6-10-20(22)21-16-19(12-14-23(21)27)17-25-26-24(28)15-13-18-8-4-3-5-9-18/h3-12,14,16-17H,2,13,15H2,1H3,(H,26,28). The summed E-state index contributed by atoms with van der Waals surface area (Å²) in [5.41, 5.74) is 7.20. The van der Waals surface area contributed by atoms with Gasteiger partial charge in [-0.2, -0.15) is 5.10 Å². The van der Waals surface area contributed by atoms with E-state index in [1.54, 1.807) is 6.21 Å². The van der Waals surface area contributed by atoms with Crippen molar-refractivity contribution in [1.82, 2.24) is 9.99 Å². The summed E-state index contributed by atoms with van der Waals surface area (Å²) < 4.78 is 2.32. The number of rotatable bonds is 6. The van der Waals surface area contributed by atoms with Crippen molar-refractivity contribution in [3.05, 3.63) is 83.9 Å². The molecule has 1 aromatic heterocycles. The van der Waals surface area contributed by atoms with E-state index in [1.807, 2.05) is 36.4 Å². The molecule has 4 rings (SSSR count). The Labute approximate surface area is 164 Å². The number of carbonyl (C=O) groups is 1. The first-order valence-corrected chi connectivity index (χ1v) is 9.63. The average Bonchev–Trinajstić information content (AvgIpc) is 3.06. The number of hydrogen-bond acceptors (Lipinski definition) is 2. The van der Waals surface area contributed by atoms with Crippen molar-refractivity contribution in [3.8, 4) is 0 Å². The zero-order valence-electron chi connectivity index (χ0n) is 15.9. The van der Waals surface area contributed by atoms with Crippen molar-refractivity contribution in [2.45, 2.75) is 26.3 Å². The Kier molecular flexibility index (Phi) is 5.20. The lowest BCUT2D eigenvalue weighted by molar-refractivity contribution is -0.121. The number of carbonyl (C=O) groups excluding carboxylic acids is 1. The Balaban J connectivity index is 1.47. The number of benzene rings is 3. The maximum atomic E-state index is 12.0. The highest BCUT2D eigenvalue weighted by molar-refractivity contribution is 6.09. The Bertz CT molecular complexity index is 1140. The highest BCUT2D eigenvalue weighted by Gasteiger charge is 2.09. The second kappa shape index (κ2) is 8.09. The summed E-state index contributed by atoms with van der Waals surface area (Å²) >= 11 is 0. The summed E-state index contributed by atoms with van der Waals surface area (Å²) in [5.74, 6) is -0.0798. The highest BCUT2D eigenvalue weighted by Crippen LogP contribution is 2.29. The fourth-order valence-corrected chi connectivity index (χ4v) is 3.63. The molecule has 0 bridgehead atoms. The largest absolute Gasteiger partial charge is 0.341 e. The van der Waals surface area contributed by atoms with Crippen molar-refractivity contribution in [3.63, 3.8) is 0 Å². The molecule has 0 aliphatic carbocycles. The third-order valence-electron chi connectivity index (χ3n) is 5.00. The van der Waals surface area contributed by atoms with Gasteiger partial charge in [0.05, 0.1) is 6.21 Å². The lowest BCUT2D eigenvalue weighted by Crippen LogP contribution is -2.17. The summed E-state index contributed by atoms with van der Waals surface area (Å²) in [5, 5.41) is 6.58. The topological polar surface area (TPSA) is 46.4 Å². The monoisotopic (exact) mass is 369 g/mol. The fraction of sp³-hybridized carbons (Fsp3) is 0.167. The van der Waals surface area contributed by atoms with Crippen LogP contribution in [0.1, 0.15) is 24.5 Å². The first-order valence-electron chi connectivity index (χ1n) is 9.63. The first-order chi connectivity index (χ1) is 13.8. The van der Waals surface area contributed by atoms with Gasteiger partial charge in [-0.05, 0) is 42.7 Å². The Morgan fingerprint density at radius 3 is 2.54 bits per heavy atom. The minimum atomic E-state index is -0.0798. The number of hydrogen-bond donors (Lipinski definition) is 1. The number of fused-ring (bicyclic) bond motifs is 3. The molecular weight excluding hydrogens is 346 g/mol. The fourth-order valence-electron chi connectivity index (χ4n) is 3.63. The van der Waals surface area contributed by atoms with E-state index in [1.165, 1.54) is 21.8 Å². The van der Waals surface area contributed by atoms with Gasteiger partial charge in [-0.25, -0.2) is 5.43 Å². The zero-order valence-corrected chi connectivity index (χ0v) is 15.9. The SMILES string of the molecule is CCn1c2ccccc2c2cc(C=NNC(=O)CCc3ccccc3)ccc21. The number of para-hydroxylation sites is 1. The predicted octanol–water partition coefficient (Wildman–Crippen LogP) is 4.90. The smallest absolute Gasteiger partial charge is 0.240 e. The van der Waals surface area contributed by atoms with Crippen LogP contribution in [0.15, 0.2) is 77.9 Å². The molecule has 0 aliphatic heterocycles. The zero-order chi connectivity index (χ0) is 19.3. The Hall–Kier alpha value is -3.40. The van der Waals surface area contributed by atoms with Crippen molar-refractivity contribution in [2.75, 3.05) is 0 Å². The van der Waals surface area contributed by atoms with Gasteiger partial charge in [0.15, 0.2) is 0 Å². The second-order valence-electron chi connectivity index (χ2n) is 6.82. The first kappa shape index (κ1) is 18.0. The number of aromatic nitrogens is 1. The van der Waals surface area contributed by atoms with Gasteiger partial charge in [0.1, 0.15) is 0 Å². The van der Waals surface area contributed by atoms with Gasteiger partial charge >= 0.3 is 0 Å². The van der Waals surface area contributed by atoms with E-state index in [4.69, 9.17) is 0 Å². The number of aryl methyl sites for hydroxylation is 2. The average molecular weight is 369 g/mol. The molecular formula is C24H23N3O. The van der Waals surface area contributed by atoms with Crippen LogP contribution in [0.2, 0.25) is 0 Å². The molecule has 0 radical (unpaired) electrons. The van der Waals surface area contributed by atoms with E-state index < -0.39 is 0 Å².